The molecule has 0 aliphatic heterocycles. The summed E-state index contributed by atoms with van der Waals surface area (Å²) in [5.74, 6) is 1.97. The van der Waals surface area contributed by atoms with Crippen LogP contribution in [0.3, 0.4) is 0 Å². The van der Waals surface area contributed by atoms with Gasteiger partial charge in [0.25, 0.3) is 0 Å². The van der Waals surface area contributed by atoms with Crippen LogP contribution in [0, 0.1) is 6.92 Å². The van der Waals surface area contributed by atoms with Gasteiger partial charge in [0.1, 0.15) is 23.9 Å². The fourth-order valence-electron chi connectivity index (χ4n) is 2.17. The molecule has 0 atom stereocenters. The van der Waals surface area contributed by atoms with Crippen molar-refractivity contribution in [3.63, 3.8) is 0 Å². The summed E-state index contributed by atoms with van der Waals surface area (Å²) in [4.78, 5) is 11.9. The van der Waals surface area contributed by atoms with E-state index >= 15 is 0 Å². The Balaban J connectivity index is 1.81. The summed E-state index contributed by atoms with van der Waals surface area (Å²) in [6, 6.07) is 13.2. The first-order valence-electron chi connectivity index (χ1n) is 8.00. The highest BCUT2D eigenvalue weighted by Gasteiger charge is 2.03. The van der Waals surface area contributed by atoms with Crippen LogP contribution in [0.4, 0.5) is 0 Å². The summed E-state index contributed by atoms with van der Waals surface area (Å²) in [5.41, 5.74) is 1.95. The standard InChI is InChI=1S/C20H23NO4/c1-15-4-7-17(8-5-15)25-13-12-21-20(22)11-6-16-14-18(23-2)9-10-19(16)24-3/h4-11,14H,12-13H2,1-3H3,(H,21,22)/b11-6+. The molecular weight excluding hydrogens is 318 g/mol. The molecular formula is C20H23NO4. The van der Waals surface area contributed by atoms with Crippen LogP contribution < -0.4 is 19.5 Å². The normalized spacial score (nSPS) is 10.5. The molecule has 0 saturated heterocycles. The van der Waals surface area contributed by atoms with Gasteiger partial charge in [0.2, 0.25) is 5.91 Å². The number of ether oxygens (including phenoxy) is 3. The van der Waals surface area contributed by atoms with Gasteiger partial charge < -0.3 is 19.5 Å². The van der Waals surface area contributed by atoms with Gasteiger partial charge in [-0.1, -0.05) is 17.7 Å². The molecule has 2 aromatic rings. The van der Waals surface area contributed by atoms with E-state index in [1.54, 1.807) is 32.4 Å². The van der Waals surface area contributed by atoms with Crippen molar-refractivity contribution in [1.82, 2.24) is 5.32 Å². The van der Waals surface area contributed by atoms with Gasteiger partial charge in [-0.05, 0) is 43.3 Å². The number of hydrogen-bond donors (Lipinski definition) is 1. The highest BCUT2D eigenvalue weighted by Crippen LogP contribution is 2.24. The van der Waals surface area contributed by atoms with Gasteiger partial charge in [-0.2, -0.15) is 0 Å². The number of benzene rings is 2. The third-order valence-corrected chi connectivity index (χ3v) is 3.54. The predicted molar refractivity (Wildman–Crippen MR) is 98.3 cm³/mol. The lowest BCUT2D eigenvalue weighted by Gasteiger charge is -2.08. The number of carbonyl (C=O) groups excluding carboxylic acids is 1. The molecule has 1 amide bonds. The molecule has 5 nitrogen and oxygen atoms in total. The van der Waals surface area contributed by atoms with E-state index in [0.29, 0.717) is 24.7 Å². The molecule has 25 heavy (non-hydrogen) atoms. The van der Waals surface area contributed by atoms with Crippen molar-refractivity contribution >= 4 is 12.0 Å². The molecule has 0 spiro atoms. The van der Waals surface area contributed by atoms with Crippen LogP contribution in [-0.2, 0) is 4.79 Å². The fraction of sp³-hybridized carbons (Fsp3) is 0.250. The van der Waals surface area contributed by atoms with Crippen molar-refractivity contribution in [2.24, 2.45) is 0 Å². The summed E-state index contributed by atoms with van der Waals surface area (Å²) in [7, 11) is 3.18. The van der Waals surface area contributed by atoms with Gasteiger partial charge in [0, 0.05) is 11.6 Å². The number of rotatable bonds is 8. The van der Waals surface area contributed by atoms with E-state index in [0.717, 1.165) is 11.3 Å². The molecule has 0 aliphatic carbocycles. The second-order valence-corrected chi connectivity index (χ2v) is 5.39. The minimum atomic E-state index is -0.197. The Kier molecular flexibility index (Phi) is 6.89. The Morgan fingerprint density at radius 1 is 1.04 bits per heavy atom. The molecule has 5 heteroatoms. The Morgan fingerprint density at radius 3 is 2.44 bits per heavy atom. The third kappa shape index (κ3) is 5.88. The molecule has 0 radical (unpaired) electrons. The zero-order valence-electron chi connectivity index (χ0n) is 14.7. The average molecular weight is 341 g/mol. The quantitative estimate of drug-likeness (QED) is 0.592. The maximum absolute atomic E-state index is 11.9. The Bertz CT molecular complexity index is 723. The van der Waals surface area contributed by atoms with Gasteiger partial charge in [-0.3, -0.25) is 4.79 Å². The highest BCUT2D eigenvalue weighted by molar-refractivity contribution is 5.92. The predicted octanol–water partition coefficient (Wildman–Crippen LogP) is 3.22. The van der Waals surface area contributed by atoms with Crippen LogP contribution >= 0.6 is 0 Å². The molecule has 2 rings (SSSR count). The Morgan fingerprint density at radius 2 is 1.76 bits per heavy atom. The molecule has 0 bridgehead atoms. The zero-order chi connectivity index (χ0) is 18.1. The lowest BCUT2D eigenvalue weighted by molar-refractivity contribution is -0.116. The van der Waals surface area contributed by atoms with Crippen molar-refractivity contribution < 1.29 is 19.0 Å². The van der Waals surface area contributed by atoms with Gasteiger partial charge in [-0.15, -0.1) is 0 Å². The topological polar surface area (TPSA) is 56.8 Å². The molecule has 0 fully saturated rings. The van der Waals surface area contributed by atoms with E-state index in [9.17, 15) is 4.79 Å². The number of aryl methyl sites for hydroxylation is 1. The van der Waals surface area contributed by atoms with E-state index < -0.39 is 0 Å². The van der Waals surface area contributed by atoms with Gasteiger partial charge >= 0.3 is 0 Å². The first-order valence-corrected chi connectivity index (χ1v) is 8.00. The number of hydrogen-bond acceptors (Lipinski definition) is 4. The number of carbonyl (C=O) groups is 1. The van der Waals surface area contributed by atoms with Crippen molar-refractivity contribution in [3.8, 4) is 17.2 Å². The summed E-state index contributed by atoms with van der Waals surface area (Å²) < 4.78 is 16.0. The Labute approximate surface area is 148 Å². The monoisotopic (exact) mass is 341 g/mol. The number of nitrogens with one attached hydrogen (secondary N) is 1. The van der Waals surface area contributed by atoms with Crippen LogP contribution in [0.15, 0.2) is 48.5 Å². The van der Waals surface area contributed by atoms with Crippen LogP contribution in [-0.4, -0.2) is 33.3 Å². The molecule has 0 unspecified atom stereocenters. The molecule has 0 heterocycles. The summed E-state index contributed by atoms with van der Waals surface area (Å²) in [6.45, 7) is 2.85. The Hall–Kier alpha value is -2.95. The lowest BCUT2D eigenvalue weighted by atomic mass is 10.1. The molecule has 0 aromatic heterocycles. The maximum Gasteiger partial charge on any atom is 0.244 e. The second kappa shape index (κ2) is 9.37. The molecule has 0 saturated carbocycles. The van der Waals surface area contributed by atoms with Gasteiger partial charge in [-0.25, -0.2) is 0 Å². The fourth-order valence-corrected chi connectivity index (χ4v) is 2.17. The smallest absolute Gasteiger partial charge is 0.244 e. The summed E-state index contributed by atoms with van der Waals surface area (Å²) >= 11 is 0. The molecule has 1 N–H and O–H groups in total. The SMILES string of the molecule is COc1ccc(OC)c(/C=C/C(=O)NCCOc2ccc(C)cc2)c1. The van der Waals surface area contributed by atoms with E-state index in [4.69, 9.17) is 14.2 Å². The van der Waals surface area contributed by atoms with Gasteiger partial charge in [0.15, 0.2) is 0 Å². The van der Waals surface area contributed by atoms with E-state index in [-0.39, 0.29) is 5.91 Å². The second-order valence-electron chi connectivity index (χ2n) is 5.39. The van der Waals surface area contributed by atoms with Crippen molar-refractivity contribution in [3.05, 3.63) is 59.7 Å². The van der Waals surface area contributed by atoms with Crippen molar-refractivity contribution in [2.75, 3.05) is 27.4 Å². The largest absolute Gasteiger partial charge is 0.497 e. The van der Waals surface area contributed by atoms with Crippen LogP contribution in [0.5, 0.6) is 17.2 Å². The number of methoxy groups -OCH3 is 2. The summed E-state index contributed by atoms with van der Waals surface area (Å²) in [6.07, 6.45) is 3.15. The molecule has 0 aliphatic rings. The zero-order valence-corrected chi connectivity index (χ0v) is 14.7. The third-order valence-electron chi connectivity index (χ3n) is 3.54. The van der Waals surface area contributed by atoms with Crippen LogP contribution in [0.1, 0.15) is 11.1 Å². The molecule has 132 valence electrons. The van der Waals surface area contributed by atoms with E-state index in [1.807, 2.05) is 37.3 Å². The van der Waals surface area contributed by atoms with Gasteiger partial charge in [0.05, 0.1) is 20.8 Å². The van der Waals surface area contributed by atoms with E-state index in [1.165, 1.54) is 11.6 Å². The lowest BCUT2D eigenvalue weighted by Crippen LogP contribution is -2.26. The minimum Gasteiger partial charge on any atom is -0.497 e. The number of amides is 1. The maximum atomic E-state index is 11.9. The minimum absolute atomic E-state index is 0.197. The van der Waals surface area contributed by atoms with Crippen molar-refractivity contribution in [2.45, 2.75) is 6.92 Å². The van der Waals surface area contributed by atoms with Crippen molar-refractivity contribution in [1.29, 1.82) is 0 Å². The highest BCUT2D eigenvalue weighted by atomic mass is 16.5. The van der Waals surface area contributed by atoms with Crippen LogP contribution in [0.25, 0.3) is 6.08 Å². The first kappa shape index (κ1) is 18.4. The first-order chi connectivity index (χ1) is 12.1. The average Bonchev–Trinajstić information content (AvgIpc) is 2.64. The summed E-state index contributed by atoms with van der Waals surface area (Å²) in [5, 5.41) is 2.78. The van der Waals surface area contributed by atoms with E-state index in [2.05, 4.69) is 5.32 Å². The molecule has 2 aromatic carbocycles. The van der Waals surface area contributed by atoms with Crippen LogP contribution in [0.2, 0.25) is 0 Å².